The molecule has 7 nitrogen and oxygen atoms in total. The maximum absolute atomic E-state index is 12.6. The number of carbonyl (C=O) groups is 1. The Hall–Kier alpha value is -1.67. The lowest BCUT2D eigenvalue weighted by Gasteiger charge is -2.45. The molecule has 2 unspecified atom stereocenters. The lowest BCUT2D eigenvalue weighted by molar-refractivity contribution is -0.131. The Morgan fingerprint density at radius 2 is 2.03 bits per heavy atom. The number of morpholine rings is 1. The number of nitrogens with one attached hydrogen (secondary N) is 2. The van der Waals surface area contributed by atoms with Gasteiger partial charge in [0.2, 0.25) is 5.91 Å². The van der Waals surface area contributed by atoms with Crippen molar-refractivity contribution < 1.29 is 14.3 Å². The highest BCUT2D eigenvalue weighted by atomic mass is 16.5. The van der Waals surface area contributed by atoms with Crippen molar-refractivity contribution in [2.75, 3.05) is 40.0 Å². The van der Waals surface area contributed by atoms with Gasteiger partial charge in [-0.15, -0.1) is 0 Å². The zero-order valence-corrected chi connectivity index (χ0v) is 17.4. The molecule has 1 aromatic carbocycles. The molecule has 7 heteroatoms. The van der Waals surface area contributed by atoms with Crippen LogP contribution in [0.25, 0.3) is 0 Å². The Bertz CT molecular complexity index is 680. The van der Waals surface area contributed by atoms with Gasteiger partial charge in [0.25, 0.3) is 0 Å². The van der Waals surface area contributed by atoms with Crippen LogP contribution in [-0.4, -0.2) is 74.2 Å². The summed E-state index contributed by atoms with van der Waals surface area (Å²) in [5, 5.41) is 6.94. The Morgan fingerprint density at radius 1 is 1.17 bits per heavy atom. The lowest BCUT2D eigenvalue weighted by atomic mass is 10.0. The van der Waals surface area contributed by atoms with E-state index in [1.807, 2.05) is 6.07 Å². The van der Waals surface area contributed by atoms with Crippen LogP contribution in [0.5, 0.6) is 5.75 Å². The minimum absolute atomic E-state index is 0.0818. The monoisotopic (exact) mass is 402 g/mol. The van der Waals surface area contributed by atoms with Crippen LogP contribution >= 0.6 is 0 Å². The van der Waals surface area contributed by atoms with Gasteiger partial charge in [0.15, 0.2) is 0 Å². The summed E-state index contributed by atoms with van der Waals surface area (Å²) < 4.78 is 10.9. The molecule has 4 rings (SSSR count). The van der Waals surface area contributed by atoms with Gasteiger partial charge in [-0.1, -0.05) is 25.0 Å². The molecule has 0 bridgehead atoms. The topological polar surface area (TPSA) is 66.1 Å². The Labute approximate surface area is 173 Å². The van der Waals surface area contributed by atoms with Crippen molar-refractivity contribution >= 4 is 5.91 Å². The van der Waals surface area contributed by atoms with Crippen molar-refractivity contribution in [3.05, 3.63) is 29.8 Å². The molecule has 160 valence electrons. The molecule has 0 radical (unpaired) electrons. The fourth-order valence-electron chi connectivity index (χ4n) is 4.80. The first-order valence-electron chi connectivity index (χ1n) is 11.0. The minimum atomic E-state index is -0.113. The summed E-state index contributed by atoms with van der Waals surface area (Å²) in [6.07, 6.45) is 6.24. The Kier molecular flexibility index (Phi) is 7.02. The van der Waals surface area contributed by atoms with Crippen LogP contribution in [0.1, 0.15) is 37.7 Å². The average Bonchev–Trinajstić information content (AvgIpc) is 2.99. The Morgan fingerprint density at radius 3 is 2.86 bits per heavy atom. The summed E-state index contributed by atoms with van der Waals surface area (Å²) in [6.45, 7) is 4.25. The third-order valence-corrected chi connectivity index (χ3v) is 6.37. The van der Waals surface area contributed by atoms with E-state index < -0.39 is 0 Å². The van der Waals surface area contributed by atoms with Gasteiger partial charge >= 0.3 is 0 Å². The molecule has 0 aliphatic carbocycles. The maximum Gasteiger partial charge on any atom is 0.225 e. The fourth-order valence-corrected chi connectivity index (χ4v) is 4.80. The van der Waals surface area contributed by atoms with Crippen molar-refractivity contribution in [2.45, 2.75) is 57.0 Å². The number of hydrogen-bond donors (Lipinski definition) is 2. The van der Waals surface area contributed by atoms with Gasteiger partial charge in [0.05, 0.1) is 32.9 Å². The van der Waals surface area contributed by atoms with Crippen LogP contribution < -0.4 is 15.4 Å². The fraction of sp³-hybridized carbons (Fsp3) is 0.682. The summed E-state index contributed by atoms with van der Waals surface area (Å²) in [5.41, 5.74) is 1.29. The van der Waals surface area contributed by atoms with E-state index in [1.54, 1.807) is 7.11 Å². The van der Waals surface area contributed by atoms with Crippen molar-refractivity contribution in [3.8, 4) is 5.75 Å². The number of rotatable bonds is 5. The molecule has 0 spiro atoms. The standard InChI is InChI=1S/C22H34N4O3/c1-28-19-8-5-6-17(15-19)14-18-7-3-2-4-9-26(18)22-23-20(16-21(27)24-22)25-10-12-29-13-11-25/h5-6,8,15,18,20,22-23H,2-4,7,9-14,16H2,1H3,(H,24,27)/t18-,20?,22?/m1/s1. The number of hydrogen-bond acceptors (Lipinski definition) is 6. The molecule has 3 aliphatic heterocycles. The smallest absolute Gasteiger partial charge is 0.225 e. The van der Waals surface area contributed by atoms with Crippen LogP contribution in [0.4, 0.5) is 0 Å². The zero-order chi connectivity index (χ0) is 20.1. The summed E-state index contributed by atoms with van der Waals surface area (Å²) in [7, 11) is 1.71. The number of amides is 1. The van der Waals surface area contributed by atoms with Crippen molar-refractivity contribution in [3.63, 3.8) is 0 Å². The van der Waals surface area contributed by atoms with E-state index in [0.29, 0.717) is 12.5 Å². The highest BCUT2D eigenvalue weighted by Gasteiger charge is 2.36. The minimum Gasteiger partial charge on any atom is -0.497 e. The predicted octanol–water partition coefficient (Wildman–Crippen LogP) is 1.53. The molecule has 1 amide bonds. The number of carbonyl (C=O) groups excluding carboxylic acids is 1. The average molecular weight is 403 g/mol. The molecule has 1 aromatic rings. The van der Waals surface area contributed by atoms with Crippen LogP contribution in [0.3, 0.4) is 0 Å². The second-order valence-corrected chi connectivity index (χ2v) is 8.30. The largest absolute Gasteiger partial charge is 0.497 e. The van der Waals surface area contributed by atoms with E-state index in [9.17, 15) is 4.79 Å². The van der Waals surface area contributed by atoms with Gasteiger partial charge in [0, 0.05) is 25.7 Å². The Balaban J connectivity index is 1.48. The van der Waals surface area contributed by atoms with Crippen LogP contribution in [-0.2, 0) is 16.0 Å². The molecule has 2 N–H and O–H groups in total. The van der Waals surface area contributed by atoms with E-state index in [-0.39, 0.29) is 18.4 Å². The predicted molar refractivity (Wildman–Crippen MR) is 112 cm³/mol. The van der Waals surface area contributed by atoms with Crippen LogP contribution in [0.2, 0.25) is 0 Å². The molecular formula is C22H34N4O3. The normalized spacial score (nSPS) is 29.8. The molecule has 29 heavy (non-hydrogen) atoms. The lowest BCUT2D eigenvalue weighted by Crippen LogP contribution is -2.69. The third-order valence-electron chi connectivity index (χ3n) is 6.37. The molecule has 0 saturated carbocycles. The summed E-state index contributed by atoms with van der Waals surface area (Å²) in [4.78, 5) is 17.4. The number of nitrogens with zero attached hydrogens (tertiary/aromatic N) is 2. The van der Waals surface area contributed by atoms with Gasteiger partial charge in [-0.2, -0.15) is 0 Å². The van der Waals surface area contributed by atoms with Crippen LogP contribution in [0.15, 0.2) is 24.3 Å². The van der Waals surface area contributed by atoms with E-state index in [1.165, 1.54) is 24.8 Å². The number of likely N-dealkylation sites (tertiary alicyclic amines) is 1. The zero-order valence-electron chi connectivity index (χ0n) is 17.4. The van der Waals surface area contributed by atoms with Gasteiger partial charge in [-0.05, 0) is 37.0 Å². The molecule has 0 aromatic heterocycles. The summed E-state index contributed by atoms with van der Waals surface area (Å²) >= 11 is 0. The third kappa shape index (κ3) is 5.28. The van der Waals surface area contributed by atoms with Crippen molar-refractivity contribution in [2.24, 2.45) is 0 Å². The first kappa shape index (κ1) is 20.6. The van der Waals surface area contributed by atoms with Crippen molar-refractivity contribution in [1.29, 1.82) is 0 Å². The number of ether oxygens (including phenoxy) is 2. The van der Waals surface area contributed by atoms with Crippen LogP contribution in [0, 0.1) is 0 Å². The molecule has 3 atom stereocenters. The molecule has 3 heterocycles. The number of methoxy groups -OCH3 is 1. The second-order valence-electron chi connectivity index (χ2n) is 8.30. The first-order chi connectivity index (χ1) is 14.2. The SMILES string of the molecule is COc1cccc(C[C@H]2CCCCCN2C2NC(=O)CC(N3CCOCC3)N2)c1. The molecule has 3 fully saturated rings. The van der Waals surface area contributed by atoms with E-state index in [2.05, 4.69) is 38.6 Å². The highest BCUT2D eigenvalue weighted by molar-refractivity contribution is 5.77. The molecule has 3 saturated heterocycles. The van der Waals surface area contributed by atoms with Gasteiger partial charge in [-0.3, -0.25) is 19.9 Å². The van der Waals surface area contributed by atoms with E-state index >= 15 is 0 Å². The molecule has 3 aliphatic rings. The number of benzene rings is 1. The van der Waals surface area contributed by atoms with E-state index in [4.69, 9.17) is 9.47 Å². The van der Waals surface area contributed by atoms with Gasteiger partial charge in [-0.25, -0.2) is 0 Å². The quantitative estimate of drug-likeness (QED) is 0.779. The van der Waals surface area contributed by atoms with Gasteiger partial charge in [0.1, 0.15) is 12.0 Å². The summed E-state index contributed by atoms with van der Waals surface area (Å²) in [5.74, 6) is 1.04. The highest BCUT2D eigenvalue weighted by Crippen LogP contribution is 2.24. The summed E-state index contributed by atoms with van der Waals surface area (Å²) in [6, 6.07) is 8.75. The van der Waals surface area contributed by atoms with E-state index in [0.717, 1.165) is 51.4 Å². The molecular weight excluding hydrogens is 368 g/mol. The van der Waals surface area contributed by atoms with Gasteiger partial charge < -0.3 is 14.8 Å². The second kappa shape index (κ2) is 9.89. The van der Waals surface area contributed by atoms with Crippen molar-refractivity contribution in [1.82, 2.24) is 20.4 Å². The first-order valence-corrected chi connectivity index (χ1v) is 11.0. The maximum atomic E-state index is 12.6.